The zero-order valence-electron chi connectivity index (χ0n) is 12.8. The second kappa shape index (κ2) is 8.14. The summed E-state index contributed by atoms with van der Waals surface area (Å²) in [5.74, 6) is -0.237. The molecule has 118 valence electrons. The molecule has 2 rings (SSSR count). The van der Waals surface area contributed by atoms with Gasteiger partial charge in [0.15, 0.2) is 0 Å². The van der Waals surface area contributed by atoms with Gasteiger partial charge in [-0.2, -0.15) is 14.6 Å². The molecule has 0 radical (unpaired) electrons. The largest absolute Gasteiger partial charge is 0.307 e. The fraction of sp³-hybridized carbons (Fsp3) is 0.571. The van der Waals surface area contributed by atoms with Crippen molar-refractivity contribution in [2.45, 2.75) is 53.4 Å². The molecule has 7 heteroatoms. The van der Waals surface area contributed by atoms with Crippen LogP contribution in [0.3, 0.4) is 0 Å². The summed E-state index contributed by atoms with van der Waals surface area (Å²) in [5.41, 5.74) is 2.51. The average molecular weight is 316 g/mol. The van der Waals surface area contributed by atoms with Gasteiger partial charge in [-0.1, -0.05) is 6.92 Å². The Hall–Kier alpha value is -1.40. The van der Waals surface area contributed by atoms with E-state index in [4.69, 9.17) is 0 Å². The van der Waals surface area contributed by atoms with Gasteiger partial charge in [0.2, 0.25) is 5.95 Å². The highest BCUT2D eigenvalue weighted by molar-refractivity contribution is 5.85. The van der Waals surface area contributed by atoms with Gasteiger partial charge in [-0.25, -0.2) is 4.68 Å². The number of nitrogens with zero attached hydrogens (tertiary/aromatic N) is 4. The van der Waals surface area contributed by atoms with Gasteiger partial charge in [-0.3, -0.25) is 4.68 Å². The Balaban J connectivity index is 0.00000220. The van der Waals surface area contributed by atoms with Crippen molar-refractivity contribution in [3.63, 3.8) is 0 Å². The van der Waals surface area contributed by atoms with E-state index in [1.165, 1.54) is 4.68 Å². The molecule has 0 fully saturated rings. The van der Waals surface area contributed by atoms with Crippen molar-refractivity contribution in [2.24, 2.45) is 0 Å². The lowest BCUT2D eigenvalue weighted by Crippen LogP contribution is -2.17. The maximum Gasteiger partial charge on any atom is 0.216 e. The average Bonchev–Trinajstić information content (AvgIpc) is 2.98. The van der Waals surface area contributed by atoms with Gasteiger partial charge in [0.25, 0.3) is 0 Å². The summed E-state index contributed by atoms with van der Waals surface area (Å²) in [5, 5.41) is 11.7. The normalized spacial score (nSPS) is 10.7. The number of hydrogen-bond donors (Lipinski definition) is 1. The summed E-state index contributed by atoms with van der Waals surface area (Å²) in [4.78, 5) is 0. The first-order chi connectivity index (χ1) is 9.67. The van der Waals surface area contributed by atoms with Crippen LogP contribution in [0.4, 0.5) is 4.39 Å². The molecule has 21 heavy (non-hydrogen) atoms. The predicted molar refractivity (Wildman–Crippen MR) is 82.9 cm³/mol. The third-order valence-electron chi connectivity index (χ3n) is 3.33. The van der Waals surface area contributed by atoms with Crippen LogP contribution in [0.15, 0.2) is 12.3 Å². The topological polar surface area (TPSA) is 47.7 Å². The predicted octanol–water partition coefficient (Wildman–Crippen LogP) is 2.67. The molecule has 0 aliphatic rings. The van der Waals surface area contributed by atoms with Crippen molar-refractivity contribution in [3.8, 4) is 0 Å². The van der Waals surface area contributed by atoms with Crippen LogP contribution in [-0.2, 0) is 26.2 Å². The van der Waals surface area contributed by atoms with Crippen molar-refractivity contribution < 1.29 is 4.39 Å². The van der Waals surface area contributed by atoms with E-state index in [2.05, 4.69) is 22.4 Å². The van der Waals surface area contributed by atoms with E-state index in [0.717, 1.165) is 24.4 Å². The summed E-state index contributed by atoms with van der Waals surface area (Å²) in [7, 11) is 0. The first-order valence-corrected chi connectivity index (χ1v) is 7.10. The minimum absolute atomic E-state index is 0. The lowest BCUT2D eigenvalue weighted by Gasteiger charge is -2.07. The number of aryl methyl sites for hydroxylation is 3. The molecule has 2 heterocycles. The summed E-state index contributed by atoms with van der Waals surface area (Å²) in [6.45, 7) is 8.46. The zero-order valence-corrected chi connectivity index (χ0v) is 13.6. The Morgan fingerprint density at radius 1 is 1.24 bits per heavy atom. The first kappa shape index (κ1) is 17.7. The van der Waals surface area contributed by atoms with E-state index in [1.54, 1.807) is 6.20 Å². The van der Waals surface area contributed by atoms with Crippen molar-refractivity contribution >= 4 is 12.4 Å². The SMILES string of the molecule is CCCn1nccc1CNCc1c(C)nn(CC)c1F.Cl. The fourth-order valence-electron chi connectivity index (χ4n) is 2.24. The molecule has 5 nitrogen and oxygen atoms in total. The Morgan fingerprint density at radius 3 is 2.62 bits per heavy atom. The molecule has 0 aromatic carbocycles. The van der Waals surface area contributed by atoms with E-state index < -0.39 is 0 Å². The smallest absolute Gasteiger partial charge is 0.216 e. The Bertz CT molecular complexity index is 564. The minimum Gasteiger partial charge on any atom is -0.307 e. The van der Waals surface area contributed by atoms with Crippen molar-refractivity contribution in [2.75, 3.05) is 0 Å². The molecule has 0 atom stereocenters. The molecular weight excluding hydrogens is 293 g/mol. The van der Waals surface area contributed by atoms with E-state index in [9.17, 15) is 4.39 Å². The van der Waals surface area contributed by atoms with Crippen LogP contribution in [0.2, 0.25) is 0 Å². The summed E-state index contributed by atoms with van der Waals surface area (Å²) >= 11 is 0. The number of rotatable bonds is 7. The molecule has 0 aliphatic heterocycles. The van der Waals surface area contributed by atoms with Gasteiger partial charge in [-0.15, -0.1) is 12.4 Å². The van der Waals surface area contributed by atoms with Crippen LogP contribution in [0.5, 0.6) is 0 Å². The lowest BCUT2D eigenvalue weighted by atomic mass is 10.2. The van der Waals surface area contributed by atoms with Crippen LogP contribution in [0, 0.1) is 12.9 Å². The van der Waals surface area contributed by atoms with Crippen LogP contribution >= 0.6 is 12.4 Å². The second-order valence-electron chi connectivity index (χ2n) is 4.82. The van der Waals surface area contributed by atoms with E-state index >= 15 is 0 Å². The van der Waals surface area contributed by atoms with Crippen LogP contribution in [0.25, 0.3) is 0 Å². The molecule has 1 N–H and O–H groups in total. The third kappa shape index (κ3) is 4.04. The maximum atomic E-state index is 14.0. The number of halogens is 2. The van der Waals surface area contributed by atoms with Crippen molar-refractivity contribution in [1.82, 2.24) is 24.9 Å². The number of nitrogens with one attached hydrogen (secondary N) is 1. The van der Waals surface area contributed by atoms with Gasteiger partial charge in [0, 0.05) is 37.9 Å². The highest BCUT2D eigenvalue weighted by atomic mass is 35.5. The van der Waals surface area contributed by atoms with Crippen LogP contribution in [-0.4, -0.2) is 19.6 Å². The van der Waals surface area contributed by atoms with Gasteiger partial charge >= 0.3 is 0 Å². The monoisotopic (exact) mass is 315 g/mol. The summed E-state index contributed by atoms with van der Waals surface area (Å²) in [6, 6.07) is 1.99. The fourth-order valence-corrected chi connectivity index (χ4v) is 2.24. The van der Waals surface area contributed by atoms with E-state index in [1.807, 2.05) is 24.6 Å². The van der Waals surface area contributed by atoms with Gasteiger partial charge in [-0.05, 0) is 26.3 Å². The van der Waals surface area contributed by atoms with E-state index in [-0.39, 0.29) is 18.4 Å². The number of hydrogen-bond acceptors (Lipinski definition) is 3. The summed E-state index contributed by atoms with van der Waals surface area (Å²) < 4.78 is 17.4. The third-order valence-corrected chi connectivity index (χ3v) is 3.33. The second-order valence-corrected chi connectivity index (χ2v) is 4.82. The van der Waals surface area contributed by atoms with Crippen molar-refractivity contribution in [3.05, 3.63) is 35.2 Å². The quantitative estimate of drug-likeness (QED) is 0.854. The van der Waals surface area contributed by atoms with Gasteiger partial charge < -0.3 is 5.32 Å². The first-order valence-electron chi connectivity index (χ1n) is 7.10. The molecule has 0 amide bonds. The summed E-state index contributed by atoms with van der Waals surface area (Å²) in [6.07, 6.45) is 2.85. The standard InChI is InChI=1S/C14H22FN5.ClH/c1-4-8-20-12(6-7-17-20)9-16-10-13-11(3)18-19(5-2)14(13)15;/h6-7,16H,4-5,8-10H2,1-3H3;1H. The molecule has 2 aromatic rings. The van der Waals surface area contributed by atoms with Crippen molar-refractivity contribution in [1.29, 1.82) is 0 Å². The molecule has 0 spiro atoms. The van der Waals surface area contributed by atoms with Crippen LogP contribution < -0.4 is 5.32 Å². The lowest BCUT2D eigenvalue weighted by molar-refractivity contribution is 0.459. The highest BCUT2D eigenvalue weighted by Gasteiger charge is 2.13. The Morgan fingerprint density at radius 2 is 2.00 bits per heavy atom. The molecule has 0 bridgehead atoms. The molecule has 0 unspecified atom stereocenters. The Labute approximate surface area is 130 Å². The molecule has 0 saturated heterocycles. The molecular formula is C14H23ClFN5. The Kier molecular flexibility index (Phi) is 6.84. The molecule has 0 aliphatic carbocycles. The van der Waals surface area contributed by atoms with E-state index in [0.29, 0.717) is 25.2 Å². The molecule has 0 saturated carbocycles. The van der Waals surface area contributed by atoms with Gasteiger partial charge in [0.1, 0.15) is 0 Å². The minimum atomic E-state index is -0.237. The zero-order chi connectivity index (χ0) is 14.5. The highest BCUT2D eigenvalue weighted by Crippen LogP contribution is 2.12. The maximum absolute atomic E-state index is 14.0. The van der Waals surface area contributed by atoms with Gasteiger partial charge in [0.05, 0.1) is 11.4 Å². The van der Waals surface area contributed by atoms with Crippen LogP contribution in [0.1, 0.15) is 37.2 Å². The number of aromatic nitrogens is 4. The molecule has 2 aromatic heterocycles.